The SMILES string of the molecule is NCCOc1ccc(NC(=O)c2cccc(NC(=O)C3CC3)c2)cc1. The average molecular weight is 339 g/mol. The Morgan fingerprint density at radius 3 is 2.48 bits per heavy atom. The summed E-state index contributed by atoms with van der Waals surface area (Å²) in [6.07, 6.45) is 1.88. The van der Waals surface area contributed by atoms with Gasteiger partial charge in [-0.05, 0) is 55.3 Å². The number of nitrogens with one attached hydrogen (secondary N) is 2. The molecular formula is C19H21N3O3. The molecule has 0 bridgehead atoms. The molecule has 6 heteroatoms. The van der Waals surface area contributed by atoms with E-state index in [1.165, 1.54) is 0 Å². The van der Waals surface area contributed by atoms with E-state index >= 15 is 0 Å². The van der Waals surface area contributed by atoms with Gasteiger partial charge in [0.1, 0.15) is 12.4 Å². The Bertz CT molecular complexity index is 755. The fourth-order valence-corrected chi connectivity index (χ4v) is 2.34. The molecule has 1 aliphatic rings. The van der Waals surface area contributed by atoms with Crippen LogP contribution in [0.2, 0.25) is 0 Å². The number of nitrogens with two attached hydrogens (primary N) is 1. The van der Waals surface area contributed by atoms with E-state index in [0.717, 1.165) is 12.8 Å². The van der Waals surface area contributed by atoms with Crippen LogP contribution in [0.3, 0.4) is 0 Å². The van der Waals surface area contributed by atoms with Gasteiger partial charge in [0.15, 0.2) is 0 Å². The quantitative estimate of drug-likeness (QED) is 0.723. The van der Waals surface area contributed by atoms with Crippen molar-refractivity contribution in [3.8, 4) is 5.75 Å². The van der Waals surface area contributed by atoms with Gasteiger partial charge in [-0.3, -0.25) is 9.59 Å². The number of amides is 2. The zero-order valence-electron chi connectivity index (χ0n) is 13.8. The minimum atomic E-state index is -0.238. The minimum absolute atomic E-state index is 0.0191. The molecule has 4 N–H and O–H groups in total. The van der Waals surface area contributed by atoms with Crippen molar-refractivity contribution < 1.29 is 14.3 Å². The molecule has 2 aromatic rings. The summed E-state index contributed by atoms with van der Waals surface area (Å²) in [4.78, 5) is 24.2. The molecular weight excluding hydrogens is 318 g/mol. The largest absolute Gasteiger partial charge is 0.492 e. The normalized spacial score (nSPS) is 13.2. The smallest absolute Gasteiger partial charge is 0.255 e. The van der Waals surface area contributed by atoms with E-state index in [-0.39, 0.29) is 17.7 Å². The second kappa shape index (κ2) is 7.81. The summed E-state index contributed by atoms with van der Waals surface area (Å²) in [5.74, 6) is 0.606. The Balaban J connectivity index is 1.61. The van der Waals surface area contributed by atoms with Crippen molar-refractivity contribution in [2.45, 2.75) is 12.8 Å². The Labute approximate surface area is 146 Å². The Kier molecular flexibility index (Phi) is 5.30. The van der Waals surface area contributed by atoms with Crippen LogP contribution in [0.4, 0.5) is 11.4 Å². The van der Waals surface area contributed by atoms with Gasteiger partial charge in [-0.1, -0.05) is 6.07 Å². The number of carbonyl (C=O) groups is 2. The summed E-state index contributed by atoms with van der Waals surface area (Å²) >= 11 is 0. The number of anilines is 2. The van der Waals surface area contributed by atoms with Crippen molar-refractivity contribution in [3.63, 3.8) is 0 Å². The van der Waals surface area contributed by atoms with Gasteiger partial charge in [0.2, 0.25) is 5.91 Å². The fourth-order valence-electron chi connectivity index (χ4n) is 2.34. The molecule has 130 valence electrons. The number of hydrogen-bond acceptors (Lipinski definition) is 4. The van der Waals surface area contributed by atoms with Crippen LogP contribution in [0.25, 0.3) is 0 Å². The lowest BCUT2D eigenvalue weighted by Gasteiger charge is -2.09. The summed E-state index contributed by atoms with van der Waals surface area (Å²) in [5.41, 5.74) is 7.17. The van der Waals surface area contributed by atoms with E-state index in [9.17, 15) is 9.59 Å². The van der Waals surface area contributed by atoms with Gasteiger partial charge >= 0.3 is 0 Å². The lowest BCUT2D eigenvalue weighted by atomic mass is 10.1. The molecule has 0 aliphatic heterocycles. The highest BCUT2D eigenvalue weighted by molar-refractivity contribution is 6.05. The molecule has 0 aromatic heterocycles. The monoisotopic (exact) mass is 339 g/mol. The van der Waals surface area contributed by atoms with Gasteiger partial charge < -0.3 is 21.1 Å². The average Bonchev–Trinajstić information content (AvgIpc) is 3.46. The van der Waals surface area contributed by atoms with Crippen LogP contribution in [-0.2, 0) is 4.79 Å². The summed E-state index contributed by atoms with van der Waals surface area (Å²) in [7, 11) is 0. The number of carbonyl (C=O) groups excluding carboxylic acids is 2. The van der Waals surface area contributed by atoms with E-state index in [2.05, 4.69) is 10.6 Å². The molecule has 1 fully saturated rings. The van der Waals surface area contributed by atoms with Gasteiger partial charge in [0, 0.05) is 29.4 Å². The van der Waals surface area contributed by atoms with Gasteiger partial charge in [0.25, 0.3) is 5.91 Å². The second-order valence-corrected chi connectivity index (χ2v) is 5.96. The first-order valence-electron chi connectivity index (χ1n) is 8.31. The predicted molar refractivity (Wildman–Crippen MR) is 96.7 cm³/mol. The molecule has 3 rings (SSSR count). The summed E-state index contributed by atoms with van der Waals surface area (Å²) in [5, 5.41) is 5.67. The lowest BCUT2D eigenvalue weighted by molar-refractivity contribution is -0.117. The van der Waals surface area contributed by atoms with Crippen molar-refractivity contribution in [2.24, 2.45) is 11.7 Å². The predicted octanol–water partition coefficient (Wildman–Crippen LogP) is 2.62. The summed E-state index contributed by atoms with van der Waals surface area (Å²) in [6.45, 7) is 0.900. The topological polar surface area (TPSA) is 93.4 Å². The molecule has 0 heterocycles. The molecule has 0 saturated heterocycles. The highest BCUT2D eigenvalue weighted by Crippen LogP contribution is 2.30. The molecule has 0 atom stereocenters. The van der Waals surface area contributed by atoms with Gasteiger partial charge in [0.05, 0.1) is 0 Å². The zero-order valence-corrected chi connectivity index (χ0v) is 13.8. The Morgan fingerprint density at radius 2 is 1.80 bits per heavy atom. The van der Waals surface area contributed by atoms with Crippen LogP contribution in [0.15, 0.2) is 48.5 Å². The van der Waals surface area contributed by atoms with Crippen molar-refractivity contribution in [1.29, 1.82) is 0 Å². The maximum absolute atomic E-state index is 12.4. The highest BCUT2D eigenvalue weighted by Gasteiger charge is 2.29. The van der Waals surface area contributed by atoms with E-state index < -0.39 is 0 Å². The van der Waals surface area contributed by atoms with Crippen molar-refractivity contribution in [1.82, 2.24) is 0 Å². The van der Waals surface area contributed by atoms with Crippen molar-refractivity contribution in [2.75, 3.05) is 23.8 Å². The van der Waals surface area contributed by atoms with E-state index in [1.807, 2.05) is 0 Å². The third kappa shape index (κ3) is 4.81. The maximum Gasteiger partial charge on any atom is 0.255 e. The van der Waals surface area contributed by atoms with Crippen LogP contribution in [-0.4, -0.2) is 25.0 Å². The summed E-state index contributed by atoms with van der Waals surface area (Å²) in [6, 6.07) is 14.0. The van der Waals surface area contributed by atoms with Crippen molar-refractivity contribution >= 4 is 23.2 Å². The zero-order chi connectivity index (χ0) is 17.6. The van der Waals surface area contributed by atoms with Crippen LogP contribution in [0.5, 0.6) is 5.75 Å². The van der Waals surface area contributed by atoms with E-state index in [4.69, 9.17) is 10.5 Å². The standard InChI is InChI=1S/C19H21N3O3/c20-10-11-25-17-8-6-15(7-9-17)21-19(24)14-2-1-3-16(12-14)22-18(23)13-4-5-13/h1-3,6-9,12-13H,4-5,10-11,20H2,(H,21,24)(H,22,23). The van der Waals surface area contributed by atoms with E-state index in [1.54, 1.807) is 48.5 Å². The maximum atomic E-state index is 12.4. The molecule has 2 amide bonds. The van der Waals surface area contributed by atoms with Gasteiger partial charge in [-0.15, -0.1) is 0 Å². The second-order valence-electron chi connectivity index (χ2n) is 5.96. The third-order valence-corrected chi connectivity index (χ3v) is 3.84. The number of benzene rings is 2. The number of ether oxygens (including phenoxy) is 1. The molecule has 1 aliphatic carbocycles. The molecule has 0 unspecified atom stereocenters. The van der Waals surface area contributed by atoms with Crippen LogP contribution in [0, 0.1) is 5.92 Å². The van der Waals surface area contributed by atoms with Gasteiger partial charge in [-0.25, -0.2) is 0 Å². The number of hydrogen-bond donors (Lipinski definition) is 3. The molecule has 2 aromatic carbocycles. The molecule has 25 heavy (non-hydrogen) atoms. The Hall–Kier alpha value is -2.86. The fraction of sp³-hybridized carbons (Fsp3) is 0.263. The Morgan fingerprint density at radius 1 is 1.04 bits per heavy atom. The molecule has 0 radical (unpaired) electrons. The molecule has 0 spiro atoms. The number of rotatable bonds is 7. The van der Waals surface area contributed by atoms with E-state index in [0.29, 0.717) is 35.8 Å². The van der Waals surface area contributed by atoms with Crippen LogP contribution in [0.1, 0.15) is 23.2 Å². The first kappa shape index (κ1) is 17.0. The highest BCUT2D eigenvalue weighted by atomic mass is 16.5. The van der Waals surface area contributed by atoms with Gasteiger partial charge in [-0.2, -0.15) is 0 Å². The van der Waals surface area contributed by atoms with Crippen molar-refractivity contribution in [3.05, 3.63) is 54.1 Å². The molecule has 1 saturated carbocycles. The molecule has 6 nitrogen and oxygen atoms in total. The first-order valence-corrected chi connectivity index (χ1v) is 8.31. The van der Waals surface area contributed by atoms with Crippen LogP contribution < -0.4 is 21.1 Å². The summed E-state index contributed by atoms with van der Waals surface area (Å²) < 4.78 is 5.40. The third-order valence-electron chi connectivity index (χ3n) is 3.84. The van der Waals surface area contributed by atoms with Crippen LogP contribution >= 0.6 is 0 Å². The lowest BCUT2D eigenvalue weighted by Crippen LogP contribution is -2.15. The first-order chi connectivity index (χ1) is 12.2. The minimum Gasteiger partial charge on any atom is -0.492 e.